The van der Waals surface area contributed by atoms with Crippen LogP contribution in [0.5, 0.6) is 0 Å². The standard InChI is InChI=1S/C14H18ClIN2O/c1-18(9-11-4-2-3-7-17-11)14(19)12-8-10(15)5-6-13(12)16/h5-6,8,11,17H,2-4,7,9H2,1H3. The number of amides is 1. The summed E-state index contributed by atoms with van der Waals surface area (Å²) in [5.74, 6) is 0.0410. The lowest BCUT2D eigenvalue weighted by molar-refractivity contribution is 0.0774. The van der Waals surface area contributed by atoms with Gasteiger partial charge in [0.05, 0.1) is 5.56 Å². The summed E-state index contributed by atoms with van der Waals surface area (Å²) in [6.07, 6.45) is 3.62. The Kier molecular flexibility index (Phi) is 5.47. The van der Waals surface area contributed by atoms with Crippen LogP contribution in [-0.4, -0.2) is 37.0 Å². The Morgan fingerprint density at radius 3 is 3.00 bits per heavy atom. The van der Waals surface area contributed by atoms with Crippen LogP contribution >= 0.6 is 34.2 Å². The molecule has 1 unspecified atom stereocenters. The third-order valence-corrected chi connectivity index (χ3v) is 4.59. The first-order valence-corrected chi connectivity index (χ1v) is 7.97. The first kappa shape index (κ1) is 15.1. The van der Waals surface area contributed by atoms with Crippen molar-refractivity contribution in [2.45, 2.75) is 25.3 Å². The van der Waals surface area contributed by atoms with E-state index in [1.807, 2.05) is 19.2 Å². The molecule has 1 N–H and O–H groups in total. The highest BCUT2D eigenvalue weighted by Gasteiger charge is 2.20. The van der Waals surface area contributed by atoms with E-state index in [-0.39, 0.29) is 5.91 Å². The van der Waals surface area contributed by atoms with Gasteiger partial charge >= 0.3 is 0 Å². The van der Waals surface area contributed by atoms with Crippen molar-refractivity contribution in [2.75, 3.05) is 20.1 Å². The molecule has 1 fully saturated rings. The lowest BCUT2D eigenvalue weighted by atomic mass is 10.0. The van der Waals surface area contributed by atoms with Crippen LogP contribution < -0.4 is 5.32 Å². The summed E-state index contributed by atoms with van der Waals surface area (Å²) in [6.45, 7) is 1.81. The molecule has 19 heavy (non-hydrogen) atoms. The number of benzene rings is 1. The number of rotatable bonds is 3. The summed E-state index contributed by atoms with van der Waals surface area (Å²) >= 11 is 8.15. The van der Waals surface area contributed by atoms with Crippen molar-refractivity contribution >= 4 is 40.1 Å². The molecule has 0 spiro atoms. The number of hydrogen-bond donors (Lipinski definition) is 1. The van der Waals surface area contributed by atoms with Gasteiger partial charge in [0, 0.05) is 28.2 Å². The van der Waals surface area contributed by atoms with Gasteiger partial charge in [-0.05, 0) is 60.2 Å². The number of carbonyl (C=O) groups excluding carboxylic acids is 1. The highest BCUT2D eigenvalue weighted by molar-refractivity contribution is 14.1. The van der Waals surface area contributed by atoms with Crippen LogP contribution in [0.1, 0.15) is 29.6 Å². The van der Waals surface area contributed by atoms with Crippen LogP contribution in [0.3, 0.4) is 0 Å². The topological polar surface area (TPSA) is 32.3 Å². The number of nitrogens with one attached hydrogen (secondary N) is 1. The van der Waals surface area contributed by atoms with E-state index < -0.39 is 0 Å². The zero-order valence-corrected chi connectivity index (χ0v) is 13.9. The molecule has 1 heterocycles. The molecule has 2 rings (SSSR count). The Balaban J connectivity index is 2.03. The second kappa shape index (κ2) is 6.90. The zero-order chi connectivity index (χ0) is 13.8. The van der Waals surface area contributed by atoms with Crippen LogP contribution in [-0.2, 0) is 0 Å². The Morgan fingerprint density at radius 2 is 2.32 bits per heavy atom. The minimum atomic E-state index is 0.0410. The van der Waals surface area contributed by atoms with Gasteiger partial charge in [-0.2, -0.15) is 0 Å². The molecule has 1 saturated heterocycles. The smallest absolute Gasteiger partial charge is 0.254 e. The predicted molar refractivity (Wildman–Crippen MR) is 86.8 cm³/mol. The van der Waals surface area contributed by atoms with Crippen molar-refractivity contribution in [1.82, 2.24) is 10.2 Å². The summed E-state index contributed by atoms with van der Waals surface area (Å²) in [7, 11) is 1.86. The Labute approximate surface area is 132 Å². The first-order valence-electron chi connectivity index (χ1n) is 6.52. The fraction of sp³-hybridized carbons (Fsp3) is 0.500. The van der Waals surface area contributed by atoms with E-state index in [1.54, 1.807) is 11.0 Å². The molecule has 3 nitrogen and oxygen atoms in total. The Bertz CT molecular complexity index is 461. The second-order valence-corrected chi connectivity index (χ2v) is 6.56. The van der Waals surface area contributed by atoms with Crippen LogP contribution in [0.15, 0.2) is 18.2 Å². The van der Waals surface area contributed by atoms with Crippen molar-refractivity contribution < 1.29 is 4.79 Å². The summed E-state index contributed by atoms with van der Waals surface area (Å²) < 4.78 is 0.940. The molecule has 0 bridgehead atoms. The van der Waals surface area contributed by atoms with Gasteiger partial charge in [-0.1, -0.05) is 18.0 Å². The number of carbonyl (C=O) groups is 1. The minimum Gasteiger partial charge on any atom is -0.340 e. The number of nitrogens with zero attached hydrogens (tertiary/aromatic N) is 1. The number of piperidine rings is 1. The van der Waals surface area contributed by atoms with E-state index in [9.17, 15) is 4.79 Å². The normalized spacial score (nSPS) is 19.2. The monoisotopic (exact) mass is 392 g/mol. The van der Waals surface area contributed by atoms with E-state index >= 15 is 0 Å². The van der Waals surface area contributed by atoms with Gasteiger partial charge in [0.25, 0.3) is 5.91 Å². The van der Waals surface area contributed by atoms with E-state index in [4.69, 9.17) is 11.6 Å². The molecule has 1 atom stereocenters. The van der Waals surface area contributed by atoms with Crippen molar-refractivity contribution in [3.05, 3.63) is 32.4 Å². The molecule has 1 aliphatic rings. The van der Waals surface area contributed by atoms with E-state index in [0.717, 1.165) is 23.1 Å². The molecule has 104 valence electrons. The number of likely N-dealkylation sites (N-methyl/N-ethyl adjacent to an activating group) is 1. The summed E-state index contributed by atoms with van der Waals surface area (Å²) in [5, 5.41) is 4.07. The number of hydrogen-bond acceptors (Lipinski definition) is 2. The SMILES string of the molecule is CN(CC1CCCCN1)C(=O)c1cc(Cl)ccc1I. The van der Waals surface area contributed by atoms with Gasteiger partial charge in [0.1, 0.15) is 0 Å². The van der Waals surface area contributed by atoms with Gasteiger partial charge in [0.15, 0.2) is 0 Å². The molecule has 0 radical (unpaired) electrons. The molecule has 0 aromatic heterocycles. The van der Waals surface area contributed by atoms with E-state index in [2.05, 4.69) is 27.9 Å². The van der Waals surface area contributed by atoms with Crippen LogP contribution in [0.4, 0.5) is 0 Å². The van der Waals surface area contributed by atoms with Crippen molar-refractivity contribution in [1.29, 1.82) is 0 Å². The molecule has 0 aliphatic carbocycles. The lowest BCUT2D eigenvalue weighted by Crippen LogP contribution is -2.44. The highest BCUT2D eigenvalue weighted by Crippen LogP contribution is 2.19. The molecule has 0 saturated carbocycles. The Hall–Kier alpha value is -0.330. The molecular formula is C14H18ClIN2O. The van der Waals surface area contributed by atoms with Crippen LogP contribution in [0, 0.1) is 3.57 Å². The maximum atomic E-state index is 12.4. The number of halogens is 2. The quantitative estimate of drug-likeness (QED) is 0.802. The van der Waals surface area contributed by atoms with Gasteiger partial charge in [0.2, 0.25) is 0 Å². The van der Waals surface area contributed by atoms with Gasteiger partial charge < -0.3 is 10.2 Å². The molecule has 1 aromatic rings. The maximum absolute atomic E-state index is 12.4. The third-order valence-electron chi connectivity index (χ3n) is 3.41. The molecule has 1 aromatic carbocycles. The Morgan fingerprint density at radius 1 is 1.53 bits per heavy atom. The second-order valence-electron chi connectivity index (χ2n) is 4.96. The van der Waals surface area contributed by atoms with Crippen molar-refractivity contribution in [2.24, 2.45) is 0 Å². The van der Waals surface area contributed by atoms with E-state index in [1.165, 1.54) is 12.8 Å². The summed E-state index contributed by atoms with van der Waals surface area (Å²) in [5.41, 5.74) is 0.686. The summed E-state index contributed by atoms with van der Waals surface area (Å²) in [4.78, 5) is 14.2. The minimum absolute atomic E-state index is 0.0410. The fourth-order valence-corrected chi connectivity index (χ4v) is 3.10. The first-order chi connectivity index (χ1) is 9.08. The van der Waals surface area contributed by atoms with Crippen LogP contribution in [0.2, 0.25) is 5.02 Å². The maximum Gasteiger partial charge on any atom is 0.254 e. The van der Waals surface area contributed by atoms with Gasteiger partial charge in [-0.15, -0.1) is 0 Å². The van der Waals surface area contributed by atoms with Crippen LogP contribution in [0.25, 0.3) is 0 Å². The predicted octanol–water partition coefficient (Wildman–Crippen LogP) is 3.16. The molecular weight excluding hydrogens is 375 g/mol. The van der Waals surface area contributed by atoms with E-state index in [0.29, 0.717) is 16.6 Å². The average Bonchev–Trinajstić information content (AvgIpc) is 2.42. The van der Waals surface area contributed by atoms with Gasteiger partial charge in [-0.3, -0.25) is 4.79 Å². The fourth-order valence-electron chi connectivity index (χ4n) is 2.36. The third kappa shape index (κ3) is 4.07. The zero-order valence-electron chi connectivity index (χ0n) is 11.0. The molecule has 5 heteroatoms. The van der Waals surface area contributed by atoms with Crippen molar-refractivity contribution in [3.63, 3.8) is 0 Å². The molecule has 1 aliphatic heterocycles. The highest BCUT2D eigenvalue weighted by atomic mass is 127. The average molecular weight is 393 g/mol. The molecule has 1 amide bonds. The largest absolute Gasteiger partial charge is 0.340 e. The van der Waals surface area contributed by atoms with Gasteiger partial charge in [-0.25, -0.2) is 0 Å². The summed E-state index contributed by atoms with van der Waals surface area (Å²) in [6, 6.07) is 5.85. The van der Waals surface area contributed by atoms with Crippen molar-refractivity contribution in [3.8, 4) is 0 Å². The lowest BCUT2D eigenvalue weighted by Gasteiger charge is -2.28.